The Labute approximate surface area is 111 Å². The van der Waals surface area contributed by atoms with Crippen molar-refractivity contribution in [1.82, 2.24) is 14.5 Å². The minimum Gasteiger partial charge on any atom is -0.295 e. The monoisotopic (exact) mass is 259 g/mol. The topological polar surface area (TPSA) is 67.8 Å². The van der Waals surface area contributed by atoms with Crippen molar-refractivity contribution < 1.29 is 0 Å². The minimum absolute atomic E-state index is 0.390. The van der Waals surface area contributed by atoms with Crippen LogP contribution in [0.2, 0.25) is 0 Å². The van der Waals surface area contributed by atoms with E-state index in [2.05, 4.69) is 9.97 Å². The van der Waals surface area contributed by atoms with Crippen LogP contribution < -0.4 is 11.4 Å². The van der Waals surface area contributed by atoms with Gasteiger partial charge in [-0.25, -0.2) is 14.2 Å². The lowest BCUT2D eigenvalue weighted by molar-refractivity contribution is 0.356. The summed E-state index contributed by atoms with van der Waals surface area (Å²) in [6, 6.07) is 9.58. The van der Waals surface area contributed by atoms with Crippen LogP contribution in [0.5, 0.6) is 0 Å². The second-order valence-electron chi connectivity index (χ2n) is 5.44. The van der Waals surface area contributed by atoms with Gasteiger partial charge in [0.05, 0.1) is 0 Å². The molecule has 1 N–H and O–H groups in total. The highest BCUT2D eigenvalue weighted by atomic mass is 16.2. The quantitative estimate of drug-likeness (QED) is 0.883. The van der Waals surface area contributed by atoms with Crippen LogP contribution in [-0.4, -0.2) is 14.5 Å². The van der Waals surface area contributed by atoms with E-state index in [0.29, 0.717) is 12.2 Å². The summed E-state index contributed by atoms with van der Waals surface area (Å²) in [4.78, 5) is 30.5. The van der Waals surface area contributed by atoms with E-state index < -0.39 is 16.9 Å². The van der Waals surface area contributed by atoms with Crippen LogP contribution in [0.15, 0.2) is 39.9 Å². The van der Waals surface area contributed by atoms with Crippen LogP contribution in [0.25, 0.3) is 0 Å². The fraction of sp³-hybridized carbons (Fsp3) is 0.357. The van der Waals surface area contributed by atoms with E-state index in [-0.39, 0.29) is 0 Å². The lowest BCUT2D eigenvalue weighted by atomic mass is 10.1. The first-order valence-corrected chi connectivity index (χ1v) is 6.14. The van der Waals surface area contributed by atoms with Crippen molar-refractivity contribution in [2.75, 3.05) is 0 Å². The third-order valence-corrected chi connectivity index (χ3v) is 2.76. The molecule has 0 spiro atoms. The second kappa shape index (κ2) is 4.84. The molecule has 0 radical (unpaired) electrons. The van der Waals surface area contributed by atoms with Gasteiger partial charge in [0.2, 0.25) is 0 Å². The van der Waals surface area contributed by atoms with Gasteiger partial charge in [-0.3, -0.25) is 4.98 Å². The van der Waals surface area contributed by atoms with Crippen molar-refractivity contribution in [3.8, 4) is 0 Å². The van der Waals surface area contributed by atoms with Gasteiger partial charge in [0.15, 0.2) is 0 Å². The molecule has 0 atom stereocenters. The molecule has 0 amide bonds. The first-order chi connectivity index (χ1) is 8.88. The summed E-state index contributed by atoms with van der Waals surface area (Å²) in [6.45, 7) is 5.38. The summed E-state index contributed by atoms with van der Waals surface area (Å²) in [5.41, 5.74) is -0.512. The van der Waals surface area contributed by atoms with E-state index in [9.17, 15) is 9.59 Å². The maximum Gasteiger partial charge on any atom is 0.353 e. The molecular weight excluding hydrogens is 242 g/mol. The number of H-pyrrole nitrogens is 1. The number of aromatic nitrogens is 3. The van der Waals surface area contributed by atoms with Crippen molar-refractivity contribution in [3.63, 3.8) is 0 Å². The summed E-state index contributed by atoms with van der Waals surface area (Å²) in [7, 11) is 0. The van der Waals surface area contributed by atoms with Gasteiger partial charge in [0.25, 0.3) is 0 Å². The number of nitrogens with zero attached hydrogens (tertiary/aromatic N) is 2. The molecule has 0 aliphatic heterocycles. The molecule has 0 aliphatic carbocycles. The van der Waals surface area contributed by atoms with E-state index in [4.69, 9.17) is 0 Å². The lowest BCUT2D eigenvalue weighted by Gasteiger charge is -2.20. The number of nitrogens with one attached hydrogen (secondary N) is 1. The number of hydrogen-bond acceptors (Lipinski definition) is 3. The van der Waals surface area contributed by atoms with Crippen LogP contribution in [0.3, 0.4) is 0 Å². The van der Waals surface area contributed by atoms with E-state index >= 15 is 0 Å². The van der Waals surface area contributed by atoms with Crippen LogP contribution in [0.4, 0.5) is 0 Å². The van der Waals surface area contributed by atoms with Crippen LogP contribution in [0.1, 0.15) is 32.2 Å². The highest BCUT2D eigenvalue weighted by molar-refractivity contribution is 5.18. The van der Waals surface area contributed by atoms with Crippen molar-refractivity contribution in [3.05, 3.63) is 62.7 Å². The third kappa shape index (κ3) is 2.99. The maximum atomic E-state index is 12.0. The predicted molar refractivity (Wildman–Crippen MR) is 73.4 cm³/mol. The van der Waals surface area contributed by atoms with Crippen LogP contribution in [-0.2, 0) is 12.0 Å². The molecule has 0 aliphatic rings. The Morgan fingerprint density at radius 3 is 2.32 bits per heavy atom. The van der Waals surface area contributed by atoms with Gasteiger partial charge in [-0.2, -0.15) is 4.98 Å². The molecule has 1 aromatic heterocycles. The standard InChI is InChI=1S/C14H17N3O2/c1-14(2,3)17-12(18)15-11(16-13(17)19)9-10-7-5-4-6-8-10/h4-8H,9H2,1-3H3,(H,15,16,18,19). The molecule has 0 fully saturated rings. The second-order valence-corrected chi connectivity index (χ2v) is 5.44. The van der Waals surface area contributed by atoms with E-state index in [0.717, 1.165) is 10.1 Å². The normalized spacial score (nSPS) is 11.5. The van der Waals surface area contributed by atoms with Gasteiger partial charge in [-0.1, -0.05) is 30.3 Å². The molecule has 0 bridgehead atoms. The van der Waals surface area contributed by atoms with Gasteiger partial charge in [-0.15, -0.1) is 0 Å². The number of benzene rings is 1. The summed E-state index contributed by atoms with van der Waals surface area (Å²) >= 11 is 0. The Morgan fingerprint density at radius 1 is 1.16 bits per heavy atom. The minimum atomic E-state index is -0.580. The molecule has 2 rings (SSSR count). The van der Waals surface area contributed by atoms with Gasteiger partial charge >= 0.3 is 11.4 Å². The zero-order valence-corrected chi connectivity index (χ0v) is 11.3. The number of rotatable bonds is 2. The van der Waals surface area contributed by atoms with Crippen molar-refractivity contribution in [2.45, 2.75) is 32.7 Å². The van der Waals surface area contributed by atoms with E-state index in [1.54, 1.807) is 20.8 Å². The molecule has 1 aromatic carbocycles. The lowest BCUT2D eigenvalue weighted by Crippen LogP contribution is -2.46. The summed E-state index contributed by atoms with van der Waals surface area (Å²) in [5.74, 6) is 0.390. The molecule has 2 aromatic rings. The number of hydrogen-bond donors (Lipinski definition) is 1. The SMILES string of the molecule is CC(C)(C)n1c(=O)nc(Cc2ccccc2)[nH]c1=O. The molecule has 0 saturated carbocycles. The first kappa shape index (κ1) is 13.3. The van der Waals surface area contributed by atoms with Crippen molar-refractivity contribution in [1.29, 1.82) is 0 Å². The highest BCUT2D eigenvalue weighted by Crippen LogP contribution is 2.07. The smallest absolute Gasteiger partial charge is 0.295 e. The van der Waals surface area contributed by atoms with Crippen LogP contribution in [0, 0.1) is 0 Å². The maximum absolute atomic E-state index is 12.0. The average Bonchev–Trinajstić information content (AvgIpc) is 2.27. The molecule has 5 nitrogen and oxygen atoms in total. The highest BCUT2D eigenvalue weighted by Gasteiger charge is 2.19. The molecule has 0 unspecified atom stereocenters. The van der Waals surface area contributed by atoms with Gasteiger partial charge in [0.1, 0.15) is 5.82 Å². The summed E-state index contributed by atoms with van der Waals surface area (Å²) < 4.78 is 1.13. The Balaban J connectivity index is 2.42. The fourth-order valence-electron chi connectivity index (χ4n) is 1.92. The first-order valence-electron chi connectivity index (χ1n) is 6.14. The van der Waals surface area contributed by atoms with Crippen LogP contribution >= 0.6 is 0 Å². The zero-order chi connectivity index (χ0) is 14.0. The van der Waals surface area contributed by atoms with Crippen molar-refractivity contribution in [2.24, 2.45) is 0 Å². The van der Waals surface area contributed by atoms with Crippen molar-refractivity contribution >= 4 is 0 Å². The number of aromatic amines is 1. The van der Waals surface area contributed by atoms with Gasteiger partial charge in [0, 0.05) is 12.0 Å². The Morgan fingerprint density at radius 2 is 1.79 bits per heavy atom. The van der Waals surface area contributed by atoms with Gasteiger partial charge < -0.3 is 0 Å². The van der Waals surface area contributed by atoms with E-state index in [1.165, 1.54) is 0 Å². The summed E-state index contributed by atoms with van der Waals surface area (Å²) in [5, 5.41) is 0. The van der Waals surface area contributed by atoms with E-state index in [1.807, 2.05) is 30.3 Å². The van der Waals surface area contributed by atoms with Gasteiger partial charge in [-0.05, 0) is 26.3 Å². The molecule has 19 heavy (non-hydrogen) atoms. The molecule has 100 valence electrons. The largest absolute Gasteiger partial charge is 0.353 e. The Hall–Kier alpha value is -2.17. The summed E-state index contributed by atoms with van der Waals surface area (Å²) in [6.07, 6.45) is 0.441. The Kier molecular flexibility index (Phi) is 3.38. The molecule has 5 heteroatoms. The average molecular weight is 259 g/mol. The zero-order valence-electron chi connectivity index (χ0n) is 11.3. The third-order valence-electron chi connectivity index (χ3n) is 2.76. The fourth-order valence-corrected chi connectivity index (χ4v) is 1.92. The molecule has 0 saturated heterocycles. The molecular formula is C14H17N3O2. The molecule has 1 heterocycles. The Bertz CT molecular complexity index is 647. The predicted octanol–water partition coefficient (Wildman–Crippen LogP) is 1.28.